The van der Waals surface area contributed by atoms with Crippen molar-refractivity contribution in [2.75, 3.05) is 12.3 Å². The van der Waals surface area contributed by atoms with Crippen molar-refractivity contribution < 1.29 is 22.8 Å². The van der Waals surface area contributed by atoms with Crippen LogP contribution in [0.4, 0.5) is 5.69 Å². The molecule has 2 atom stereocenters. The molecule has 2 aromatic carbocycles. The van der Waals surface area contributed by atoms with E-state index in [4.69, 9.17) is 22.5 Å². The Morgan fingerprint density at radius 3 is 2.18 bits per heavy atom. The molecule has 0 saturated heterocycles. The van der Waals surface area contributed by atoms with Crippen LogP contribution < -0.4 is 26.8 Å². The van der Waals surface area contributed by atoms with Gasteiger partial charge in [-0.1, -0.05) is 24.4 Å². The van der Waals surface area contributed by atoms with Crippen molar-refractivity contribution >= 4 is 45.0 Å². The predicted octanol–water partition coefficient (Wildman–Crippen LogP) is 1.16. The second-order valence-electron chi connectivity index (χ2n) is 8.02. The van der Waals surface area contributed by atoms with Crippen molar-refractivity contribution in [3.8, 4) is 0 Å². The van der Waals surface area contributed by atoms with Gasteiger partial charge < -0.3 is 21.7 Å². The lowest BCUT2D eigenvalue weighted by atomic mass is 9.90. The molecule has 0 aliphatic heterocycles. The van der Waals surface area contributed by atoms with Crippen LogP contribution in [0.2, 0.25) is 5.02 Å². The summed E-state index contributed by atoms with van der Waals surface area (Å²) < 4.78 is 22.8. The van der Waals surface area contributed by atoms with Crippen molar-refractivity contribution in [3.05, 3.63) is 58.6 Å². The summed E-state index contributed by atoms with van der Waals surface area (Å²) in [4.78, 5) is 37.4. The summed E-state index contributed by atoms with van der Waals surface area (Å²) in [6.45, 7) is -0.267. The highest BCUT2D eigenvalue weighted by atomic mass is 35.5. The molecule has 0 radical (unpaired) electrons. The monoisotopic (exact) mass is 507 g/mol. The predicted molar refractivity (Wildman–Crippen MR) is 128 cm³/mol. The second kappa shape index (κ2) is 10.9. The van der Waals surface area contributed by atoms with Crippen molar-refractivity contribution in [3.63, 3.8) is 0 Å². The Morgan fingerprint density at radius 2 is 1.56 bits per heavy atom. The highest BCUT2D eigenvalue weighted by Gasteiger charge is 2.28. The van der Waals surface area contributed by atoms with Crippen LogP contribution in [0.3, 0.4) is 0 Å². The summed E-state index contributed by atoms with van der Waals surface area (Å²) >= 11 is 5.90. The first-order valence-corrected chi connectivity index (χ1v) is 12.5. The second-order valence-corrected chi connectivity index (χ2v) is 10.0. The van der Waals surface area contributed by atoms with Crippen LogP contribution in [-0.2, 0) is 14.8 Å². The van der Waals surface area contributed by atoms with Gasteiger partial charge in [-0.2, -0.15) is 0 Å². The Bertz CT molecular complexity index is 1190. The molecule has 1 aliphatic rings. The minimum absolute atomic E-state index is 0.0894. The van der Waals surface area contributed by atoms with Gasteiger partial charge in [0.2, 0.25) is 15.9 Å². The van der Waals surface area contributed by atoms with Gasteiger partial charge in [-0.15, -0.1) is 0 Å². The molecule has 1 fully saturated rings. The van der Waals surface area contributed by atoms with E-state index < -0.39 is 27.7 Å². The average Bonchev–Trinajstić information content (AvgIpc) is 2.80. The largest absolute Gasteiger partial charge is 0.398 e. The fraction of sp³-hybridized carbons (Fsp3) is 0.318. The van der Waals surface area contributed by atoms with Gasteiger partial charge in [-0.05, 0) is 55.3 Å². The summed E-state index contributed by atoms with van der Waals surface area (Å²) in [5, 5.41) is 13.7. The van der Waals surface area contributed by atoms with E-state index in [1.165, 1.54) is 36.4 Å². The van der Waals surface area contributed by atoms with Crippen molar-refractivity contribution in [1.29, 1.82) is 0 Å². The lowest BCUT2D eigenvalue weighted by Crippen LogP contribution is -2.54. The fourth-order valence-electron chi connectivity index (χ4n) is 3.76. The molecule has 1 aliphatic carbocycles. The molecule has 0 bridgehead atoms. The Morgan fingerprint density at radius 1 is 0.941 bits per heavy atom. The third kappa shape index (κ3) is 6.69. The summed E-state index contributed by atoms with van der Waals surface area (Å²) in [7, 11) is -3.85. The zero-order valence-corrected chi connectivity index (χ0v) is 19.8. The van der Waals surface area contributed by atoms with E-state index >= 15 is 0 Å². The number of carbonyl (C=O) groups is 3. The maximum atomic E-state index is 12.7. The minimum Gasteiger partial charge on any atom is -0.398 e. The zero-order chi connectivity index (χ0) is 24.9. The van der Waals surface area contributed by atoms with Crippen molar-refractivity contribution in [1.82, 2.24) is 16.0 Å². The van der Waals surface area contributed by atoms with Crippen molar-refractivity contribution in [2.24, 2.45) is 5.14 Å². The molecule has 3 rings (SSSR count). The van der Waals surface area contributed by atoms with E-state index in [1.54, 1.807) is 6.07 Å². The number of benzene rings is 2. The van der Waals surface area contributed by atoms with E-state index in [0.29, 0.717) is 17.9 Å². The molecule has 0 aromatic heterocycles. The van der Waals surface area contributed by atoms with Crippen LogP contribution in [0.1, 0.15) is 46.4 Å². The highest BCUT2D eigenvalue weighted by Crippen LogP contribution is 2.20. The number of halogens is 1. The molecular formula is C22H26ClN5O5S. The first kappa shape index (κ1) is 25.5. The Labute approximate surface area is 202 Å². The minimum atomic E-state index is -3.85. The first-order valence-electron chi connectivity index (χ1n) is 10.6. The van der Waals surface area contributed by atoms with E-state index in [1.807, 2.05) is 0 Å². The van der Waals surface area contributed by atoms with Gasteiger partial charge in [0.25, 0.3) is 11.8 Å². The molecule has 0 heterocycles. The Kier molecular flexibility index (Phi) is 8.13. The number of nitrogens with two attached hydrogens (primary N) is 2. The molecule has 1 saturated carbocycles. The number of amides is 3. The molecule has 10 nitrogen and oxygen atoms in total. The van der Waals surface area contributed by atoms with Crippen LogP contribution in [0, 0.1) is 0 Å². The molecule has 7 N–H and O–H groups in total. The van der Waals surface area contributed by atoms with Crippen molar-refractivity contribution in [2.45, 2.75) is 42.7 Å². The van der Waals surface area contributed by atoms with Crippen LogP contribution >= 0.6 is 11.6 Å². The quantitative estimate of drug-likeness (QED) is 0.351. The van der Waals surface area contributed by atoms with Crippen LogP contribution in [0.15, 0.2) is 47.4 Å². The number of hydrogen-bond donors (Lipinski definition) is 5. The molecular weight excluding hydrogens is 482 g/mol. The van der Waals surface area contributed by atoms with Gasteiger partial charge >= 0.3 is 0 Å². The lowest BCUT2D eigenvalue weighted by molar-refractivity contribution is -0.121. The van der Waals surface area contributed by atoms with Gasteiger partial charge in [0, 0.05) is 28.4 Å². The molecule has 2 aromatic rings. The van der Waals surface area contributed by atoms with E-state index in [9.17, 15) is 22.8 Å². The zero-order valence-electron chi connectivity index (χ0n) is 18.2. The topological polar surface area (TPSA) is 173 Å². The van der Waals surface area contributed by atoms with Gasteiger partial charge in [0.15, 0.2) is 0 Å². The Hall–Kier alpha value is -3.15. The number of nitrogen functional groups attached to an aromatic ring is 1. The first-order chi connectivity index (χ1) is 16.0. The molecule has 34 heavy (non-hydrogen) atoms. The molecule has 0 spiro atoms. The molecule has 0 unspecified atom stereocenters. The van der Waals surface area contributed by atoms with E-state index in [2.05, 4.69) is 16.0 Å². The number of rotatable bonds is 7. The normalized spacial score (nSPS) is 18.1. The average molecular weight is 508 g/mol. The smallest absolute Gasteiger partial charge is 0.253 e. The fourth-order valence-corrected chi connectivity index (χ4v) is 4.45. The van der Waals surface area contributed by atoms with E-state index in [0.717, 1.165) is 12.8 Å². The Balaban J connectivity index is 1.57. The third-order valence-corrected chi connectivity index (χ3v) is 6.71. The van der Waals surface area contributed by atoms with Crippen LogP contribution in [0.25, 0.3) is 0 Å². The summed E-state index contributed by atoms with van der Waals surface area (Å²) in [5.41, 5.74) is 6.49. The lowest BCUT2D eigenvalue weighted by Gasteiger charge is -2.33. The number of anilines is 1. The molecule has 3 amide bonds. The number of nitrogens with one attached hydrogen (secondary N) is 3. The summed E-state index contributed by atoms with van der Waals surface area (Å²) in [5.74, 6) is -1.32. The van der Waals surface area contributed by atoms with Gasteiger partial charge in [0.1, 0.15) is 0 Å². The maximum Gasteiger partial charge on any atom is 0.253 e. The molecule has 12 heteroatoms. The molecule has 182 valence electrons. The number of hydrogen-bond acceptors (Lipinski definition) is 6. The third-order valence-electron chi connectivity index (χ3n) is 5.54. The highest BCUT2D eigenvalue weighted by molar-refractivity contribution is 7.89. The van der Waals surface area contributed by atoms with E-state index in [-0.39, 0.29) is 40.3 Å². The van der Waals surface area contributed by atoms with Crippen LogP contribution in [-0.4, -0.2) is 44.8 Å². The number of primary sulfonamides is 1. The van der Waals surface area contributed by atoms with Gasteiger partial charge in [0.05, 0.1) is 17.0 Å². The van der Waals surface area contributed by atoms with Crippen LogP contribution in [0.5, 0.6) is 0 Å². The number of carbonyl (C=O) groups excluding carboxylic acids is 3. The summed E-state index contributed by atoms with van der Waals surface area (Å²) in [6.07, 6.45) is 3.09. The number of sulfonamides is 1. The summed E-state index contributed by atoms with van der Waals surface area (Å²) in [6, 6.07) is 9.14. The maximum absolute atomic E-state index is 12.7. The van der Waals surface area contributed by atoms with Gasteiger partial charge in [-0.3, -0.25) is 14.4 Å². The van der Waals surface area contributed by atoms with Gasteiger partial charge in [-0.25, -0.2) is 13.6 Å². The standard InChI is InChI=1S/C22H26ClN5O5S/c23-14-7-10-17(24)16(11-14)22(31)26-12-20(29)27-18-3-1-2-4-19(18)28-21(30)13-5-8-15(9-6-13)34(25,32)33/h5-11,18-19H,1-4,12,24H2,(H,26,31)(H,27,29)(H,28,30)(H2,25,32,33)/t18-,19+/m1/s1. The SMILES string of the molecule is Nc1ccc(Cl)cc1C(=O)NCC(=O)N[C@@H]1CCCC[C@@H]1NC(=O)c1ccc(S(N)(=O)=O)cc1.